The summed E-state index contributed by atoms with van der Waals surface area (Å²) in [4.78, 5) is 15.7. The number of rotatable bonds is 3. The first-order valence-corrected chi connectivity index (χ1v) is 6.42. The van der Waals surface area contributed by atoms with Crippen LogP contribution >= 0.6 is 0 Å². The minimum Gasteiger partial charge on any atom is -0.303 e. The first-order chi connectivity index (χ1) is 8.77. The number of hydrogen-bond acceptors (Lipinski definition) is 3. The second-order valence-electron chi connectivity index (χ2n) is 4.60. The lowest BCUT2D eigenvalue weighted by Gasteiger charge is -2.18. The molecule has 0 saturated heterocycles. The highest BCUT2D eigenvalue weighted by Crippen LogP contribution is 2.24. The average molecular weight is 245 g/mol. The van der Waals surface area contributed by atoms with Gasteiger partial charge in [-0.2, -0.15) is 0 Å². The second-order valence-corrected chi connectivity index (χ2v) is 4.60. The van der Waals surface area contributed by atoms with Crippen molar-refractivity contribution >= 4 is 5.91 Å². The number of allylic oxidation sites excluding steroid dienone is 2. The summed E-state index contributed by atoms with van der Waals surface area (Å²) in [6, 6.07) is 3.39. The van der Waals surface area contributed by atoms with Gasteiger partial charge in [-0.15, -0.1) is 0 Å². The third-order valence-electron chi connectivity index (χ3n) is 3.29. The van der Waals surface area contributed by atoms with E-state index in [9.17, 15) is 4.79 Å². The van der Waals surface area contributed by atoms with Gasteiger partial charge in [0.2, 0.25) is 0 Å². The highest BCUT2D eigenvalue weighted by Gasteiger charge is 2.09. The number of pyridine rings is 1. The van der Waals surface area contributed by atoms with Gasteiger partial charge in [0, 0.05) is 23.7 Å². The van der Waals surface area contributed by atoms with E-state index in [1.54, 1.807) is 24.5 Å². The van der Waals surface area contributed by atoms with Crippen molar-refractivity contribution in [2.45, 2.75) is 39.0 Å². The Morgan fingerprint density at radius 3 is 2.44 bits per heavy atom. The van der Waals surface area contributed by atoms with Crippen molar-refractivity contribution in [3.05, 3.63) is 41.4 Å². The molecule has 96 valence electrons. The molecule has 1 aliphatic carbocycles. The number of hydrazine groups is 1. The molecule has 0 radical (unpaired) electrons. The summed E-state index contributed by atoms with van der Waals surface area (Å²) in [7, 11) is 0. The van der Waals surface area contributed by atoms with E-state index in [1.807, 2.05) is 6.92 Å². The number of nitrogens with one attached hydrogen (secondary N) is 2. The molecule has 4 heteroatoms. The molecule has 0 aromatic carbocycles. The van der Waals surface area contributed by atoms with Gasteiger partial charge >= 0.3 is 0 Å². The summed E-state index contributed by atoms with van der Waals surface area (Å²) < 4.78 is 0. The van der Waals surface area contributed by atoms with Crippen molar-refractivity contribution in [1.82, 2.24) is 15.8 Å². The number of nitrogens with zero attached hydrogens (tertiary/aromatic N) is 1. The van der Waals surface area contributed by atoms with Crippen LogP contribution in [-0.4, -0.2) is 10.9 Å². The Bertz CT molecular complexity index is 432. The molecular formula is C14H19N3O. The molecule has 1 amide bonds. The molecular weight excluding hydrogens is 226 g/mol. The summed E-state index contributed by atoms with van der Waals surface area (Å²) in [5.41, 5.74) is 8.85. The normalized spacial score (nSPS) is 15.1. The number of carbonyl (C=O) groups is 1. The number of carbonyl (C=O) groups excluding carboxylic acids is 1. The van der Waals surface area contributed by atoms with Crippen molar-refractivity contribution in [2.75, 3.05) is 0 Å². The largest absolute Gasteiger partial charge is 0.303 e. The summed E-state index contributed by atoms with van der Waals surface area (Å²) in [5.74, 6) is -0.131. The highest BCUT2D eigenvalue weighted by molar-refractivity contribution is 5.93. The van der Waals surface area contributed by atoms with Gasteiger partial charge in [-0.3, -0.25) is 15.2 Å². The van der Waals surface area contributed by atoms with Crippen molar-refractivity contribution in [3.63, 3.8) is 0 Å². The SMILES string of the molecule is CC(NNC(=O)c1ccncc1)=C1CCCCC1. The van der Waals surface area contributed by atoms with Crippen molar-refractivity contribution < 1.29 is 4.79 Å². The van der Waals surface area contributed by atoms with Crippen LogP contribution in [0.3, 0.4) is 0 Å². The molecule has 1 heterocycles. The minimum atomic E-state index is -0.131. The van der Waals surface area contributed by atoms with Gasteiger partial charge in [-0.25, -0.2) is 0 Å². The van der Waals surface area contributed by atoms with Crippen molar-refractivity contribution in [3.8, 4) is 0 Å². The van der Waals surface area contributed by atoms with Gasteiger partial charge < -0.3 is 5.43 Å². The Balaban J connectivity index is 1.89. The fourth-order valence-corrected chi connectivity index (χ4v) is 2.17. The highest BCUT2D eigenvalue weighted by atomic mass is 16.2. The summed E-state index contributed by atoms with van der Waals surface area (Å²) in [5, 5.41) is 0. The maximum absolute atomic E-state index is 11.8. The molecule has 0 bridgehead atoms. The predicted octanol–water partition coefficient (Wildman–Crippen LogP) is 2.55. The van der Waals surface area contributed by atoms with Crippen LogP contribution in [0.1, 0.15) is 49.4 Å². The quantitative estimate of drug-likeness (QED) is 0.805. The van der Waals surface area contributed by atoms with Crippen molar-refractivity contribution in [2.24, 2.45) is 0 Å². The van der Waals surface area contributed by atoms with Gasteiger partial charge in [0.05, 0.1) is 0 Å². The molecule has 0 spiro atoms. The van der Waals surface area contributed by atoms with Crippen LogP contribution in [0.2, 0.25) is 0 Å². The number of hydrogen-bond donors (Lipinski definition) is 2. The molecule has 2 rings (SSSR count). The van der Waals surface area contributed by atoms with E-state index in [0.717, 1.165) is 18.5 Å². The zero-order chi connectivity index (χ0) is 12.8. The van der Waals surface area contributed by atoms with Crippen LogP contribution in [0.25, 0.3) is 0 Å². The fraction of sp³-hybridized carbons (Fsp3) is 0.429. The third kappa shape index (κ3) is 3.32. The molecule has 18 heavy (non-hydrogen) atoms. The molecule has 0 unspecified atom stereocenters. The monoisotopic (exact) mass is 245 g/mol. The standard InChI is InChI=1S/C14H19N3O/c1-11(12-5-3-2-4-6-12)16-17-14(18)13-7-9-15-10-8-13/h7-10,16H,2-6H2,1H3,(H,17,18). The smallest absolute Gasteiger partial charge is 0.269 e. The van der Waals surface area contributed by atoms with E-state index in [2.05, 4.69) is 15.8 Å². The molecule has 0 aliphatic heterocycles. The minimum absolute atomic E-state index is 0.131. The molecule has 0 atom stereocenters. The topological polar surface area (TPSA) is 54.0 Å². The molecule has 1 fully saturated rings. The number of aromatic nitrogens is 1. The molecule has 2 N–H and O–H groups in total. The van der Waals surface area contributed by atoms with Gasteiger partial charge in [0.1, 0.15) is 0 Å². The fourth-order valence-electron chi connectivity index (χ4n) is 2.17. The zero-order valence-corrected chi connectivity index (χ0v) is 10.7. The summed E-state index contributed by atoms with van der Waals surface area (Å²) in [6.07, 6.45) is 9.34. The van der Waals surface area contributed by atoms with E-state index < -0.39 is 0 Å². The lowest BCUT2D eigenvalue weighted by atomic mass is 9.94. The van der Waals surface area contributed by atoms with E-state index in [1.165, 1.54) is 24.8 Å². The van der Waals surface area contributed by atoms with E-state index in [4.69, 9.17) is 0 Å². The van der Waals surface area contributed by atoms with E-state index >= 15 is 0 Å². The molecule has 1 aliphatic rings. The van der Waals surface area contributed by atoms with Crippen LogP contribution in [0.15, 0.2) is 35.8 Å². The predicted molar refractivity (Wildman–Crippen MR) is 70.6 cm³/mol. The van der Waals surface area contributed by atoms with Gasteiger partial charge in [0.25, 0.3) is 5.91 Å². The summed E-state index contributed by atoms with van der Waals surface area (Å²) >= 11 is 0. The molecule has 1 aromatic heterocycles. The van der Waals surface area contributed by atoms with Crippen LogP contribution in [-0.2, 0) is 0 Å². The van der Waals surface area contributed by atoms with Crippen LogP contribution in [0.5, 0.6) is 0 Å². The Morgan fingerprint density at radius 1 is 1.11 bits per heavy atom. The van der Waals surface area contributed by atoms with Crippen LogP contribution < -0.4 is 10.9 Å². The first kappa shape index (κ1) is 12.6. The van der Waals surface area contributed by atoms with Gasteiger partial charge in [-0.1, -0.05) is 6.42 Å². The molecule has 4 nitrogen and oxygen atoms in total. The Kier molecular flexibility index (Phi) is 4.34. The Hall–Kier alpha value is -1.84. The number of amides is 1. The average Bonchev–Trinajstić information content (AvgIpc) is 2.46. The van der Waals surface area contributed by atoms with Crippen LogP contribution in [0, 0.1) is 0 Å². The lowest BCUT2D eigenvalue weighted by Crippen LogP contribution is -2.36. The molecule has 1 saturated carbocycles. The zero-order valence-electron chi connectivity index (χ0n) is 10.7. The van der Waals surface area contributed by atoms with E-state index in [0.29, 0.717) is 5.56 Å². The maximum Gasteiger partial charge on any atom is 0.269 e. The maximum atomic E-state index is 11.8. The van der Waals surface area contributed by atoms with Gasteiger partial charge in [-0.05, 0) is 50.3 Å². The van der Waals surface area contributed by atoms with Gasteiger partial charge in [0.15, 0.2) is 0 Å². The second kappa shape index (κ2) is 6.19. The third-order valence-corrected chi connectivity index (χ3v) is 3.29. The summed E-state index contributed by atoms with van der Waals surface area (Å²) in [6.45, 7) is 2.02. The first-order valence-electron chi connectivity index (χ1n) is 6.42. The Labute approximate surface area is 107 Å². The Morgan fingerprint density at radius 2 is 1.78 bits per heavy atom. The lowest BCUT2D eigenvalue weighted by molar-refractivity contribution is 0.0938. The van der Waals surface area contributed by atoms with E-state index in [-0.39, 0.29) is 5.91 Å². The van der Waals surface area contributed by atoms with Crippen LogP contribution in [0.4, 0.5) is 0 Å². The van der Waals surface area contributed by atoms with Crippen molar-refractivity contribution in [1.29, 1.82) is 0 Å². The molecule has 1 aromatic rings.